The Morgan fingerprint density at radius 2 is 1.25 bits per heavy atom. The summed E-state index contributed by atoms with van der Waals surface area (Å²) in [6.45, 7) is 6.54. The zero-order valence-corrected chi connectivity index (χ0v) is 18.6. The van der Waals surface area contributed by atoms with Gasteiger partial charge in [0.25, 0.3) is 0 Å². The van der Waals surface area contributed by atoms with Crippen LogP contribution in [0.5, 0.6) is 0 Å². The molecule has 4 aromatic rings. The SMILES string of the molecule is c1ccc(C(c2ccccc2)N2CCN(CCCCn3nnc4ccccc43)CC2)cc1. The van der Waals surface area contributed by atoms with Gasteiger partial charge in [-0.05, 0) is 42.6 Å². The first-order chi connectivity index (χ1) is 15.9. The van der Waals surface area contributed by atoms with E-state index in [1.807, 2.05) is 16.8 Å². The van der Waals surface area contributed by atoms with Crippen LogP contribution in [0.2, 0.25) is 0 Å². The quantitative estimate of drug-likeness (QED) is 0.386. The number of unbranched alkanes of at least 4 members (excludes halogenated alkanes) is 1. The highest BCUT2D eigenvalue weighted by Gasteiger charge is 2.26. The maximum Gasteiger partial charge on any atom is 0.113 e. The summed E-state index contributed by atoms with van der Waals surface area (Å²) in [5, 5.41) is 8.57. The average Bonchev–Trinajstić information content (AvgIpc) is 3.27. The van der Waals surface area contributed by atoms with E-state index in [4.69, 9.17) is 0 Å². The molecule has 0 amide bonds. The molecule has 1 aromatic heterocycles. The zero-order chi connectivity index (χ0) is 21.6. The molecule has 5 rings (SSSR count). The third-order valence-corrected chi connectivity index (χ3v) is 6.52. The van der Waals surface area contributed by atoms with E-state index in [9.17, 15) is 0 Å². The molecular formula is C27H31N5. The topological polar surface area (TPSA) is 37.2 Å². The van der Waals surface area contributed by atoms with E-state index in [0.717, 1.165) is 56.7 Å². The first-order valence-electron chi connectivity index (χ1n) is 11.7. The standard InChI is InChI=1S/C27H31N5/c1-3-11-23(12-4-1)27(24-13-5-2-6-14-24)31-21-19-30(20-22-31)17-9-10-18-32-26-16-8-7-15-25(26)28-29-32/h1-8,11-16,27H,9-10,17-22H2. The van der Waals surface area contributed by atoms with Gasteiger partial charge in [0.05, 0.1) is 11.6 Å². The molecule has 1 fully saturated rings. The second-order valence-corrected chi connectivity index (χ2v) is 8.61. The first-order valence-corrected chi connectivity index (χ1v) is 11.7. The molecule has 1 aliphatic heterocycles. The number of nitrogens with zero attached hydrogens (tertiary/aromatic N) is 5. The van der Waals surface area contributed by atoms with Gasteiger partial charge < -0.3 is 4.90 Å². The molecule has 5 heteroatoms. The van der Waals surface area contributed by atoms with Gasteiger partial charge in [0.1, 0.15) is 5.52 Å². The molecule has 0 saturated carbocycles. The molecule has 2 heterocycles. The van der Waals surface area contributed by atoms with Crippen LogP contribution >= 0.6 is 0 Å². The minimum absolute atomic E-state index is 0.333. The van der Waals surface area contributed by atoms with E-state index < -0.39 is 0 Å². The van der Waals surface area contributed by atoms with Crippen molar-refractivity contribution in [1.82, 2.24) is 24.8 Å². The van der Waals surface area contributed by atoms with Gasteiger partial charge in [0.2, 0.25) is 0 Å². The average molecular weight is 426 g/mol. The molecule has 0 radical (unpaired) electrons. The first kappa shape index (κ1) is 20.9. The van der Waals surface area contributed by atoms with Crippen molar-refractivity contribution in [2.24, 2.45) is 0 Å². The number of aromatic nitrogens is 3. The third kappa shape index (κ3) is 4.74. The predicted molar refractivity (Wildman–Crippen MR) is 130 cm³/mol. The second-order valence-electron chi connectivity index (χ2n) is 8.61. The lowest BCUT2D eigenvalue weighted by Crippen LogP contribution is -2.48. The van der Waals surface area contributed by atoms with Crippen LogP contribution in [0.25, 0.3) is 11.0 Å². The molecule has 0 unspecified atom stereocenters. The van der Waals surface area contributed by atoms with E-state index in [-0.39, 0.29) is 0 Å². The number of para-hydroxylation sites is 1. The highest BCUT2D eigenvalue weighted by molar-refractivity contribution is 5.73. The summed E-state index contributed by atoms with van der Waals surface area (Å²) >= 11 is 0. The Morgan fingerprint density at radius 1 is 0.656 bits per heavy atom. The molecule has 0 bridgehead atoms. The Morgan fingerprint density at radius 3 is 1.94 bits per heavy atom. The van der Waals surface area contributed by atoms with Crippen molar-refractivity contribution in [2.45, 2.75) is 25.4 Å². The molecule has 0 aliphatic carbocycles. The van der Waals surface area contributed by atoms with E-state index in [0.29, 0.717) is 6.04 Å². The number of hydrogen-bond acceptors (Lipinski definition) is 4. The second kappa shape index (κ2) is 10.1. The number of piperazine rings is 1. The van der Waals surface area contributed by atoms with Crippen LogP contribution in [0.15, 0.2) is 84.9 Å². The van der Waals surface area contributed by atoms with Crippen LogP contribution in [0.1, 0.15) is 30.0 Å². The zero-order valence-electron chi connectivity index (χ0n) is 18.6. The monoisotopic (exact) mass is 425 g/mol. The summed E-state index contributed by atoms with van der Waals surface area (Å²) in [7, 11) is 0. The minimum Gasteiger partial charge on any atom is -0.301 e. The molecule has 0 N–H and O–H groups in total. The minimum atomic E-state index is 0.333. The molecule has 32 heavy (non-hydrogen) atoms. The highest BCUT2D eigenvalue weighted by atomic mass is 15.4. The van der Waals surface area contributed by atoms with Crippen molar-refractivity contribution in [2.75, 3.05) is 32.7 Å². The van der Waals surface area contributed by atoms with Gasteiger partial charge in [0, 0.05) is 32.7 Å². The predicted octanol–water partition coefficient (Wildman–Crippen LogP) is 4.62. The van der Waals surface area contributed by atoms with Crippen LogP contribution in [0.4, 0.5) is 0 Å². The Balaban J connectivity index is 1.14. The van der Waals surface area contributed by atoms with Crippen LogP contribution in [0, 0.1) is 0 Å². The van der Waals surface area contributed by atoms with Crippen LogP contribution in [-0.4, -0.2) is 57.5 Å². The fourth-order valence-electron chi connectivity index (χ4n) is 4.81. The number of aryl methyl sites for hydroxylation is 1. The van der Waals surface area contributed by atoms with Crippen molar-refractivity contribution in [3.05, 3.63) is 96.1 Å². The molecule has 3 aromatic carbocycles. The lowest BCUT2D eigenvalue weighted by molar-refractivity contribution is 0.108. The van der Waals surface area contributed by atoms with E-state index in [2.05, 4.69) is 92.9 Å². The van der Waals surface area contributed by atoms with Gasteiger partial charge in [-0.25, -0.2) is 4.68 Å². The fraction of sp³-hybridized carbons (Fsp3) is 0.333. The maximum atomic E-state index is 4.31. The molecule has 0 spiro atoms. The smallest absolute Gasteiger partial charge is 0.113 e. The third-order valence-electron chi connectivity index (χ3n) is 6.52. The van der Waals surface area contributed by atoms with Crippen molar-refractivity contribution >= 4 is 11.0 Å². The molecule has 5 nitrogen and oxygen atoms in total. The fourth-order valence-corrected chi connectivity index (χ4v) is 4.81. The van der Waals surface area contributed by atoms with E-state index in [1.165, 1.54) is 17.5 Å². The van der Waals surface area contributed by atoms with Gasteiger partial charge in [-0.2, -0.15) is 0 Å². The van der Waals surface area contributed by atoms with Crippen LogP contribution < -0.4 is 0 Å². The summed E-state index contributed by atoms with van der Waals surface area (Å²) in [4.78, 5) is 5.26. The lowest BCUT2D eigenvalue weighted by Gasteiger charge is -2.39. The van der Waals surface area contributed by atoms with Crippen molar-refractivity contribution in [3.63, 3.8) is 0 Å². The van der Waals surface area contributed by atoms with Crippen LogP contribution in [0.3, 0.4) is 0 Å². The number of benzene rings is 3. The van der Waals surface area contributed by atoms with E-state index in [1.54, 1.807) is 0 Å². The van der Waals surface area contributed by atoms with Gasteiger partial charge in [0.15, 0.2) is 0 Å². The van der Waals surface area contributed by atoms with Crippen LogP contribution in [-0.2, 0) is 6.54 Å². The number of hydrogen-bond donors (Lipinski definition) is 0. The van der Waals surface area contributed by atoms with Gasteiger partial charge in [-0.15, -0.1) is 5.10 Å². The Labute approximate surface area is 190 Å². The molecule has 0 atom stereocenters. The molecular weight excluding hydrogens is 394 g/mol. The van der Waals surface area contributed by atoms with Crippen molar-refractivity contribution in [3.8, 4) is 0 Å². The van der Waals surface area contributed by atoms with Crippen molar-refractivity contribution in [1.29, 1.82) is 0 Å². The van der Waals surface area contributed by atoms with E-state index >= 15 is 0 Å². The Hall–Kier alpha value is -3.02. The summed E-state index contributed by atoms with van der Waals surface area (Å²) in [5.41, 5.74) is 4.88. The Bertz CT molecular complexity index is 1060. The molecule has 1 aliphatic rings. The van der Waals surface area contributed by atoms with Gasteiger partial charge in [-0.1, -0.05) is 78.0 Å². The molecule has 164 valence electrons. The summed E-state index contributed by atoms with van der Waals surface area (Å²) in [6, 6.07) is 30.4. The maximum absolute atomic E-state index is 4.31. The van der Waals surface area contributed by atoms with Gasteiger partial charge in [-0.3, -0.25) is 4.90 Å². The lowest BCUT2D eigenvalue weighted by atomic mass is 9.96. The summed E-state index contributed by atoms with van der Waals surface area (Å²) in [5.74, 6) is 0. The highest BCUT2D eigenvalue weighted by Crippen LogP contribution is 2.29. The molecule has 1 saturated heterocycles. The summed E-state index contributed by atoms with van der Waals surface area (Å²) in [6.07, 6.45) is 2.32. The Kier molecular flexibility index (Phi) is 6.56. The van der Waals surface area contributed by atoms with Gasteiger partial charge >= 0.3 is 0 Å². The largest absolute Gasteiger partial charge is 0.301 e. The summed E-state index contributed by atoms with van der Waals surface area (Å²) < 4.78 is 2.04. The number of fused-ring (bicyclic) bond motifs is 1. The normalized spacial score (nSPS) is 15.5. The van der Waals surface area contributed by atoms with Crippen molar-refractivity contribution < 1.29 is 0 Å². The number of rotatable bonds is 8.